The second-order valence-electron chi connectivity index (χ2n) is 13.2. The van der Waals surface area contributed by atoms with Crippen molar-refractivity contribution in [2.75, 3.05) is 38.2 Å². The summed E-state index contributed by atoms with van der Waals surface area (Å²) in [6, 6.07) is 15.3. The molecule has 3 heterocycles. The third-order valence-electron chi connectivity index (χ3n) is 10.3. The van der Waals surface area contributed by atoms with E-state index in [1.54, 1.807) is 6.92 Å². The summed E-state index contributed by atoms with van der Waals surface area (Å²) in [7, 11) is 0. The number of nitrogens with two attached hydrogens (primary N) is 1. The number of aliphatic imine (C=N–C) groups is 1. The number of hydrogen-bond acceptors (Lipinski definition) is 7. The quantitative estimate of drug-likeness (QED) is 0.329. The van der Waals surface area contributed by atoms with Gasteiger partial charge < -0.3 is 15.8 Å². The van der Waals surface area contributed by atoms with Crippen molar-refractivity contribution in [3.05, 3.63) is 64.7 Å². The molecule has 1 saturated heterocycles. The third kappa shape index (κ3) is 5.72. The molecule has 4 aliphatic rings. The van der Waals surface area contributed by atoms with E-state index in [0.29, 0.717) is 11.5 Å². The summed E-state index contributed by atoms with van der Waals surface area (Å²) < 4.78 is 7.69. The van der Waals surface area contributed by atoms with Gasteiger partial charge in [-0.2, -0.15) is 0 Å². The molecule has 3 fully saturated rings. The van der Waals surface area contributed by atoms with Gasteiger partial charge in [-0.1, -0.05) is 43.5 Å². The molecule has 0 spiro atoms. The first-order valence-corrected chi connectivity index (χ1v) is 16.7. The number of benzene rings is 2. The van der Waals surface area contributed by atoms with Gasteiger partial charge in [0.05, 0.1) is 24.4 Å². The number of rotatable bonds is 8. The average Bonchev–Trinajstić information content (AvgIpc) is 3.44. The van der Waals surface area contributed by atoms with Crippen molar-refractivity contribution in [1.82, 2.24) is 14.7 Å². The highest BCUT2D eigenvalue weighted by molar-refractivity contribution is 6.25. The van der Waals surface area contributed by atoms with Gasteiger partial charge in [-0.25, -0.2) is 4.68 Å². The molecule has 9 heteroatoms. The number of dihydropyridines is 1. The van der Waals surface area contributed by atoms with E-state index in [2.05, 4.69) is 56.3 Å². The maximum absolute atomic E-state index is 13.7. The number of anilines is 1. The van der Waals surface area contributed by atoms with Crippen LogP contribution in [0.2, 0.25) is 0 Å². The van der Waals surface area contributed by atoms with Crippen LogP contribution < -0.4 is 11.1 Å². The van der Waals surface area contributed by atoms with Gasteiger partial charge in [-0.05, 0) is 86.3 Å². The smallest absolute Gasteiger partial charge is 0.253 e. The van der Waals surface area contributed by atoms with Crippen molar-refractivity contribution >= 4 is 34.1 Å². The summed E-state index contributed by atoms with van der Waals surface area (Å²) in [5.74, 6) is 0.222. The van der Waals surface area contributed by atoms with E-state index < -0.39 is 11.4 Å². The molecule has 9 nitrogen and oxygen atoms in total. The zero-order chi connectivity index (χ0) is 31.0. The zero-order valence-corrected chi connectivity index (χ0v) is 26.3. The summed E-state index contributed by atoms with van der Waals surface area (Å²) in [6.07, 6.45) is 9.75. The lowest BCUT2D eigenvalue weighted by Crippen LogP contribution is -2.51. The summed E-state index contributed by atoms with van der Waals surface area (Å²) in [6.45, 7) is 6.14. The zero-order valence-electron chi connectivity index (χ0n) is 26.3. The number of nitrogens with zero attached hydrogens (tertiary/aromatic N) is 4. The Balaban J connectivity index is 1.26. The van der Waals surface area contributed by atoms with E-state index >= 15 is 0 Å². The maximum atomic E-state index is 13.7. The predicted octanol–water partition coefficient (Wildman–Crippen LogP) is 5.46. The standard InChI is InChI=1S/C36H44N6O3/c1-36(35(37)44)33(43)29(27-11-5-7-13-30(27)39-36)22-38-34-28-12-6-8-14-31(28)42(40-34)32-21-24(23-41-17-19-45-20-18-41)15-16-26(32)25-9-3-2-4-10-25/h6,8,12,14-16,21,25H,2-5,7,9-11,13,17-20,22-23H2,1H3,(H2,37,44)(H,38,40). The first-order valence-electron chi connectivity index (χ1n) is 16.7. The highest BCUT2D eigenvalue weighted by Gasteiger charge is 2.45. The van der Waals surface area contributed by atoms with E-state index in [0.717, 1.165) is 92.2 Å². The minimum Gasteiger partial charge on any atom is -0.379 e. The Labute approximate surface area is 264 Å². The largest absolute Gasteiger partial charge is 0.379 e. The fraction of sp³-hybridized carbons (Fsp3) is 0.500. The van der Waals surface area contributed by atoms with E-state index in [4.69, 9.17) is 15.6 Å². The van der Waals surface area contributed by atoms with E-state index in [-0.39, 0.29) is 12.3 Å². The number of allylic oxidation sites excluding steroid dienone is 1. The number of aromatic nitrogens is 2. The minimum absolute atomic E-state index is 0.267. The highest BCUT2D eigenvalue weighted by Crippen LogP contribution is 2.39. The molecule has 2 saturated carbocycles. The highest BCUT2D eigenvalue weighted by atomic mass is 16.5. The van der Waals surface area contributed by atoms with Crippen molar-refractivity contribution < 1.29 is 14.3 Å². The topological polar surface area (TPSA) is 115 Å². The molecule has 1 amide bonds. The molecule has 0 radical (unpaired) electrons. The van der Waals surface area contributed by atoms with Crippen molar-refractivity contribution in [3.8, 4) is 5.69 Å². The summed E-state index contributed by atoms with van der Waals surface area (Å²) in [5, 5.41) is 9.73. The molecule has 3 N–H and O–H groups in total. The number of primary amides is 1. The molecule has 2 aliphatic carbocycles. The van der Waals surface area contributed by atoms with Crippen LogP contribution in [0.5, 0.6) is 0 Å². The van der Waals surface area contributed by atoms with Crippen molar-refractivity contribution in [2.45, 2.75) is 82.7 Å². The van der Waals surface area contributed by atoms with Gasteiger partial charge in [0, 0.05) is 42.9 Å². The fourth-order valence-electron chi connectivity index (χ4n) is 7.64. The average molecular weight is 609 g/mol. The van der Waals surface area contributed by atoms with Crippen LogP contribution >= 0.6 is 0 Å². The Morgan fingerprint density at radius 1 is 1.04 bits per heavy atom. The van der Waals surface area contributed by atoms with Gasteiger partial charge in [0.15, 0.2) is 17.1 Å². The number of ketones is 1. The first kappa shape index (κ1) is 29.9. The lowest BCUT2D eigenvalue weighted by Gasteiger charge is -2.32. The summed E-state index contributed by atoms with van der Waals surface area (Å²) in [5.41, 5.74) is 11.4. The fourth-order valence-corrected chi connectivity index (χ4v) is 7.64. The van der Waals surface area contributed by atoms with Gasteiger partial charge in [0.25, 0.3) is 5.91 Å². The lowest BCUT2D eigenvalue weighted by atomic mass is 9.78. The molecule has 45 heavy (non-hydrogen) atoms. The van der Waals surface area contributed by atoms with Crippen molar-refractivity contribution in [3.63, 3.8) is 0 Å². The first-order chi connectivity index (χ1) is 21.9. The number of carbonyl (C=O) groups excluding carboxylic acids is 2. The summed E-state index contributed by atoms with van der Waals surface area (Å²) in [4.78, 5) is 33.2. The molecule has 0 bridgehead atoms. The Kier molecular flexibility index (Phi) is 8.31. The van der Waals surface area contributed by atoms with Crippen LogP contribution in [0.15, 0.2) is 58.6 Å². The molecule has 3 aromatic rings. The molecule has 1 atom stereocenters. The van der Waals surface area contributed by atoms with Crippen molar-refractivity contribution in [1.29, 1.82) is 0 Å². The van der Waals surface area contributed by atoms with Crippen LogP contribution in [-0.4, -0.2) is 70.5 Å². The van der Waals surface area contributed by atoms with Gasteiger partial charge in [0.2, 0.25) is 0 Å². The molecule has 1 aromatic heterocycles. The number of ether oxygens (including phenoxy) is 1. The number of Topliss-reactive ketones (excluding diaryl/α,β-unsaturated/α-hetero) is 1. The number of carbonyl (C=O) groups is 2. The Bertz CT molecular complexity index is 1680. The normalized spacial score (nSPS) is 23.2. The van der Waals surface area contributed by atoms with Crippen LogP contribution in [0, 0.1) is 0 Å². The van der Waals surface area contributed by atoms with E-state index in [1.165, 1.54) is 43.2 Å². The minimum atomic E-state index is -1.57. The SMILES string of the molecule is CC1(C(N)=O)N=C2CCCCC2=C(CNc2nn(-c3cc(CN4CCOCC4)ccc3C3CCCCC3)c3ccccc23)C1=O. The molecule has 7 rings (SSSR count). The number of hydrogen-bond donors (Lipinski definition) is 2. The number of fused-ring (bicyclic) bond motifs is 2. The number of morpholine rings is 1. The molecule has 1 unspecified atom stereocenters. The van der Waals surface area contributed by atoms with Crippen LogP contribution in [0.3, 0.4) is 0 Å². The van der Waals surface area contributed by atoms with Crippen LogP contribution in [0.25, 0.3) is 16.6 Å². The molecule has 2 aliphatic heterocycles. The third-order valence-corrected chi connectivity index (χ3v) is 10.3. The number of amides is 1. The molecular weight excluding hydrogens is 564 g/mol. The number of nitrogens with one attached hydrogen (secondary N) is 1. The molecule has 236 valence electrons. The van der Waals surface area contributed by atoms with E-state index in [1.807, 2.05) is 6.07 Å². The second kappa shape index (κ2) is 12.5. The van der Waals surface area contributed by atoms with Crippen LogP contribution in [0.4, 0.5) is 5.82 Å². The summed E-state index contributed by atoms with van der Waals surface area (Å²) >= 11 is 0. The predicted molar refractivity (Wildman–Crippen MR) is 177 cm³/mol. The maximum Gasteiger partial charge on any atom is 0.253 e. The van der Waals surface area contributed by atoms with Gasteiger partial charge >= 0.3 is 0 Å². The van der Waals surface area contributed by atoms with E-state index in [9.17, 15) is 9.59 Å². The Morgan fingerprint density at radius 2 is 1.82 bits per heavy atom. The Morgan fingerprint density at radius 3 is 2.62 bits per heavy atom. The molecule has 2 aromatic carbocycles. The van der Waals surface area contributed by atoms with Gasteiger partial charge in [0.1, 0.15) is 0 Å². The second-order valence-corrected chi connectivity index (χ2v) is 13.2. The lowest BCUT2D eigenvalue weighted by molar-refractivity contribution is -0.131. The van der Waals surface area contributed by atoms with Gasteiger partial charge in [-0.15, -0.1) is 5.10 Å². The van der Waals surface area contributed by atoms with Crippen LogP contribution in [0.1, 0.15) is 81.8 Å². The van der Waals surface area contributed by atoms with Gasteiger partial charge in [-0.3, -0.25) is 19.5 Å². The van der Waals surface area contributed by atoms with Crippen molar-refractivity contribution in [2.24, 2.45) is 10.7 Å². The monoisotopic (exact) mass is 608 g/mol. The molecular formula is C36H44N6O3. The number of para-hydroxylation sites is 1. The Hall–Kier alpha value is -3.82. The van der Waals surface area contributed by atoms with Crippen LogP contribution in [-0.2, 0) is 20.9 Å².